The third-order valence-electron chi connectivity index (χ3n) is 2.17. The number of ether oxygens (including phenoxy) is 1. The fraction of sp³-hybridized carbons (Fsp3) is 0.667. The van der Waals surface area contributed by atoms with Gasteiger partial charge in [0.15, 0.2) is 0 Å². The largest absolute Gasteiger partial charge is 0.455 e. The molecule has 2 heteroatoms. The summed E-state index contributed by atoms with van der Waals surface area (Å²) in [5.74, 6) is -0.202. The van der Waals surface area contributed by atoms with Gasteiger partial charge in [0, 0.05) is 6.92 Å². The zero-order valence-corrected chi connectivity index (χ0v) is 6.93. The molecule has 1 rings (SSSR count). The number of hydrogen-bond acceptors (Lipinski definition) is 2. The molecule has 0 aromatic rings. The van der Waals surface area contributed by atoms with E-state index in [4.69, 9.17) is 4.74 Å². The number of carbonyl (C=O) groups is 1. The van der Waals surface area contributed by atoms with Crippen LogP contribution in [-0.2, 0) is 9.53 Å². The summed E-state index contributed by atoms with van der Waals surface area (Å²) in [6.07, 6.45) is 5.92. The summed E-state index contributed by atoms with van der Waals surface area (Å²) in [5.41, 5.74) is -0.328. The van der Waals surface area contributed by atoms with Gasteiger partial charge in [0.25, 0.3) is 0 Å². The highest BCUT2D eigenvalue weighted by molar-refractivity contribution is 5.66. The minimum absolute atomic E-state index is 0.202. The third-order valence-corrected chi connectivity index (χ3v) is 2.17. The first kappa shape index (κ1) is 8.31. The molecule has 0 aromatic heterocycles. The Morgan fingerprint density at radius 1 is 1.55 bits per heavy atom. The van der Waals surface area contributed by atoms with E-state index in [1.165, 1.54) is 6.92 Å². The Morgan fingerprint density at radius 3 is 2.45 bits per heavy atom. The Morgan fingerprint density at radius 2 is 2.09 bits per heavy atom. The maximum Gasteiger partial charge on any atom is 0.303 e. The van der Waals surface area contributed by atoms with E-state index in [9.17, 15) is 4.79 Å². The third kappa shape index (κ3) is 1.82. The number of esters is 1. The van der Waals surface area contributed by atoms with Crippen molar-refractivity contribution in [1.29, 1.82) is 0 Å². The van der Waals surface area contributed by atoms with Crippen LogP contribution in [0.5, 0.6) is 0 Å². The van der Waals surface area contributed by atoms with Gasteiger partial charge in [0.1, 0.15) is 5.60 Å². The van der Waals surface area contributed by atoms with Crippen molar-refractivity contribution in [3.63, 3.8) is 0 Å². The lowest BCUT2D eigenvalue weighted by Crippen LogP contribution is -2.27. The highest BCUT2D eigenvalue weighted by atomic mass is 16.6. The normalized spacial score (nSPS) is 21.2. The Kier molecular flexibility index (Phi) is 2.32. The number of rotatable bonds is 2. The van der Waals surface area contributed by atoms with E-state index in [1.807, 2.05) is 0 Å². The summed E-state index contributed by atoms with van der Waals surface area (Å²) in [7, 11) is 0. The van der Waals surface area contributed by atoms with E-state index in [1.54, 1.807) is 6.08 Å². The minimum Gasteiger partial charge on any atom is -0.455 e. The van der Waals surface area contributed by atoms with Gasteiger partial charge in [-0.2, -0.15) is 0 Å². The highest BCUT2D eigenvalue weighted by Gasteiger charge is 2.33. The lowest BCUT2D eigenvalue weighted by atomic mass is 10.0. The van der Waals surface area contributed by atoms with Gasteiger partial charge < -0.3 is 4.74 Å². The van der Waals surface area contributed by atoms with Gasteiger partial charge in [-0.05, 0) is 31.8 Å². The molecule has 0 aliphatic heterocycles. The van der Waals surface area contributed by atoms with Crippen molar-refractivity contribution in [3.05, 3.63) is 12.7 Å². The van der Waals surface area contributed by atoms with Crippen LogP contribution < -0.4 is 0 Å². The van der Waals surface area contributed by atoms with E-state index in [-0.39, 0.29) is 11.6 Å². The molecule has 0 heterocycles. The molecule has 1 saturated carbocycles. The van der Waals surface area contributed by atoms with Crippen molar-refractivity contribution < 1.29 is 9.53 Å². The van der Waals surface area contributed by atoms with Gasteiger partial charge >= 0.3 is 5.97 Å². The van der Waals surface area contributed by atoms with Crippen LogP contribution in [-0.4, -0.2) is 11.6 Å². The molecular weight excluding hydrogens is 140 g/mol. The zero-order valence-electron chi connectivity index (χ0n) is 6.93. The van der Waals surface area contributed by atoms with Crippen LogP contribution in [0.4, 0.5) is 0 Å². The van der Waals surface area contributed by atoms with Crippen molar-refractivity contribution in [3.8, 4) is 0 Å². The molecule has 1 aliphatic rings. The summed E-state index contributed by atoms with van der Waals surface area (Å²) in [5, 5.41) is 0. The molecule has 2 nitrogen and oxygen atoms in total. The van der Waals surface area contributed by atoms with E-state index in [0.717, 1.165) is 25.7 Å². The van der Waals surface area contributed by atoms with E-state index in [0.29, 0.717) is 0 Å². The molecule has 0 bridgehead atoms. The van der Waals surface area contributed by atoms with Gasteiger partial charge in [0.2, 0.25) is 0 Å². The first-order valence-corrected chi connectivity index (χ1v) is 4.02. The van der Waals surface area contributed by atoms with Crippen molar-refractivity contribution >= 4 is 5.97 Å². The average molecular weight is 154 g/mol. The summed E-state index contributed by atoms with van der Waals surface area (Å²) in [6, 6.07) is 0. The molecule has 62 valence electrons. The Balaban J connectivity index is 2.59. The standard InChI is InChI=1S/C9H14O2/c1-3-9(11-8(2)10)6-4-5-7-9/h3H,1,4-7H2,2H3. The lowest BCUT2D eigenvalue weighted by molar-refractivity contribution is -0.151. The molecule has 0 radical (unpaired) electrons. The van der Waals surface area contributed by atoms with E-state index >= 15 is 0 Å². The molecule has 1 aliphatic carbocycles. The second kappa shape index (κ2) is 3.07. The Bertz CT molecular complexity index is 166. The van der Waals surface area contributed by atoms with Crippen LogP contribution >= 0.6 is 0 Å². The van der Waals surface area contributed by atoms with Gasteiger partial charge in [-0.3, -0.25) is 4.79 Å². The van der Waals surface area contributed by atoms with E-state index in [2.05, 4.69) is 6.58 Å². The van der Waals surface area contributed by atoms with Crippen LogP contribution in [0.2, 0.25) is 0 Å². The van der Waals surface area contributed by atoms with Gasteiger partial charge in [-0.1, -0.05) is 6.58 Å². The van der Waals surface area contributed by atoms with Crippen LogP contribution in [0.25, 0.3) is 0 Å². The molecule has 0 saturated heterocycles. The van der Waals surface area contributed by atoms with Crippen molar-refractivity contribution in [2.24, 2.45) is 0 Å². The van der Waals surface area contributed by atoms with Gasteiger partial charge in [0.05, 0.1) is 0 Å². The maximum absolute atomic E-state index is 10.7. The average Bonchev–Trinajstić information content (AvgIpc) is 2.36. The summed E-state index contributed by atoms with van der Waals surface area (Å²) in [6.45, 7) is 5.14. The first-order chi connectivity index (χ1) is 5.18. The topological polar surface area (TPSA) is 26.3 Å². The fourth-order valence-corrected chi connectivity index (χ4v) is 1.61. The minimum atomic E-state index is -0.328. The molecule has 0 spiro atoms. The zero-order chi connectivity index (χ0) is 8.32. The first-order valence-electron chi connectivity index (χ1n) is 4.02. The van der Waals surface area contributed by atoms with Crippen LogP contribution in [0.1, 0.15) is 32.6 Å². The molecule has 0 unspecified atom stereocenters. The van der Waals surface area contributed by atoms with Crippen molar-refractivity contribution in [2.45, 2.75) is 38.2 Å². The number of carbonyl (C=O) groups excluding carboxylic acids is 1. The molecule has 0 amide bonds. The van der Waals surface area contributed by atoms with Gasteiger partial charge in [-0.15, -0.1) is 0 Å². The van der Waals surface area contributed by atoms with Crippen molar-refractivity contribution in [1.82, 2.24) is 0 Å². The Labute approximate surface area is 67.2 Å². The second-order valence-electron chi connectivity index (χ2n) is 3.07. The molecule has 11 heavy (non-hydrogen) atoms. The van der Waals surface area contributed by atoms with Crippen LogP contribution in [0, 0.1) is 0 Å². The lowest BCUT2D eigenvalue weighted by Gasteiger charge is -2.23. The number of hydrogen-bond donors (Lipinski definition) is 0. The van der Waals surface area contributed by atoms with Crippen LogP contribution in [0.3, 0.4) is 0 Å². The molecule has 0 N–H and O–H groups in total. The van der Waals surface area contributed by atoms with Crippen LogP contribution in [0.15, 0.2) is 12.7 Å². The fourth-order valence-electron chi connectivity index (χ4n) is 1.61. The maximum atomic E-state index is 10.7. The predicted molar refractivity (Wildman–Crippen MR) is 43.2 cm³/mol. The van der Waals surface area contributed by atoms with Crippen molar-refractivity contribution in [2.75, 3.05) is 0 Å². The van der Waals surface area contributed by atoms with Gasteiger partial charge in [-0.25, -0.2) is 0 Å². The molecular formula is C9H14O2. The summed E-state index contributed by atoms with van der Waals surface area (Å²) in [4.78, 5) is 10.7. The smallest absolute Gasteiger partial charge is 0.303 e. The summed E-state index contributed by atoms with van der Waals surface area (Å²) < 4.78 is 5.19. The molecule has 1 fully saturated rings. The SMILES string of the molecule is C=CC1(OC(C)=O)CCCC1. The quantitative estimate of drug-likeness (QED) is 0.449. The monoisotopic (exact) mass is 154 g/mol. The van der Waals surface area contributed by atoms with E-state index < -0.39 is 0 Å². The highest BCUT2D eigenvalue weighted by Crippen LogP contribution is 2.33. The summed E-state index contributed by atoms with van der Waals surface area (Å²) >= 11 is 0. The second-order valence-corrected chi connectivity index (χ2v) is 3.07. The predicted octanol–water partition coefficient (Wildman–Crippen LogP) is 2.05. The molecule has 0 atom stereocenters. The Hall–Kier alpha value is -0.790. The molecule has 0 aromatic carbocycles.